The Hall–Kier alpha value is -1.72. The van der Waals surface area contributed by atoms with Crippen molar-refractivity contribution in [1.82, 2.24) is 19.8 Å². The van der Waals surface area contributed by atoms with Crippen LogP contribution >= 0.6 is 0 Å². The minimum absolute atomic E-state index is 0.0134. The fraction of sp³-hybridized carbons (Fsp3) is 0.769. The van der Waals surface area contributed by atoms with E-state index in [1.807, 2.05) is 0 Å². The summed E-state index contributed by atoms with van der Waals surface area (Å²) in [4.78, 5) is 37.5. The van der Waals surface area contributed by atoms with Gasteiger partial charge in [-0.05, 0) is 12.8 Å². The van der Waals surface area contributed by atoms with Crippen molar-refractivity contribution >= 4 is 27.7 Å². The first-order valence-corrected chi connectivity index (χ1v) is 9.61. The zero-order valence-corrected chi connectivity index (χ0v) is 14.3. The summed E-state index contributed by atoms with van der Waals surface area (Å²) in [5, 5.41) is 5.24. The Bertz CT molecular complexity index is 622. The van der Waals surface area contributed by atoms with Crippen molar-refractivity contribution in [3.63, 3.8) is 0 Å². The molecule has 2 fully saturated rings. The van der Waals surface area contributed by atoms with Crippen LogP contribution in [0.1, 0.15) is 12.8 Å². The maximum atomic E-state index is 12.6. The number of carbonyl (C=O) groups excluding carboxylic acids is 3. The van der Waals surface area contributed by atoms with Crippen molar-refractivity contribution in [3.8, 4) is 0 Å². The van der Waals surface area contributed by atoms with Crippen LogP contribution in [0, 0.1) is 0 Å². The number of carbonyl (C=O) groups is 3. The molecule has 2 aliphatic heterocycles. The molecule has 2 aliphatic rings. The van der Waals surface area contributed by atoms with Crippen molar-refractivity contribution in [2.24, 2.45) is 5.73 Å². The molecule has 4 N–H and O–H groups in total. The standard InChI is InChI=1S/C13H23N5O5S/c1-24(22,23)18-6-5-17(11(19)7-14)8-10(18)13(21)16-9-3-2-4-15-12(9)20/h9-10H,2-8,14H2,1H3,(H,15,20)(H,16,21)/t9-,10-/m0/s1. The van der Waals surface area contributed by atoms with Gasteiger partial charge in [0.2, 0.25) is 27.7 Å². The summed E-state index contributed by atoms with van der Waals surface area (Å²) in [6.45, 7) is 0.459. The molecule has 0 aromatic carbocycles. The quantitative estimate of drug-likeness (QED) is 0.482. The topological polar surface area (TPSA) is 142 Å². The van der Waals surface area contributed by atoms with Gasteiger partial charge in [0, 0.05) is 26.2 Å². The zero-order chi connectivity index (χ0) is 17.9. The van der Waals surface area contributed by atoms with Gasteiger partial charge in [0.15, 0.2) is 0 Å². The maximum absolute atomic E-state index is 12.6. The molecule has 2 rings (SSSR count). The lowest BCUT2D eigenvalue weighted by atomic mass is 10.1. The molecule has 2 saturated heterocycles. The van der Waals surface area contributed by atoms with Crippen molar-refractivity contribution < 1.29 is 22.8 Å². The van der Waals surface area contributed by atoms with Crippen molar-refractivity contribution in [2.75, 3.05) is 39.0 Å². The van der Waals surface area contributed by atoms with Crippen LogP contribution in [0.5, 0.6) is 0 Å². The van der Waals surface area contributed by atoms with Gasteiger partial charge in [-0.25, -0.2) is 8.42 Å². The minimum atomic E-state index is -3.63. The number of sulfonamides is 1. The van der Waals surface area contributed by atoms with Crippen LogP contribution < -0.4 is 16.4 Å². The van der Waals surface area contributed by atoms with E-state index >= 15 is 0 Å². The molecule has 0 radical (unpaired) electrons. The molecule has 11 heteroatoms. The second-order valence-corrected chi connectivity index (χ2v) is 7.86. The minimum Gasteiger partial charge on any atom is -0.354 e. The predicted molar refractivity (Wildman–Crippen MR) is 85.1 cm³/mol. The van der Waals surface area contributed by atoms with Crippen LogP contribution in [-0.2, 0) is 24.4 Å². The summed E-state index contributed by atoms with van der Waals surface area (Å²) < 4.78 is 24.9. The fourth-order valence-electron chi connectivity index (χ4n) is 2.91. The van der Waals surface area contributed by atoms with Crippen LogP contribution in [0.25, 0.3) is 0 Å². The van der Waals surface area contributed by atoms with Crippen molar-refractivity contribution in [1.29, 1.82) is 0 Å². The highest BCUT2D eigenvalue weighted by Gasteiger charge is 2.40. The normalized spacial score (nSPS) is 25.9. The molecule has 3 amide bonds. The van der Waals surface area contributed by atoms with E-state index in [9.17, 15) is 22.8 Å². The van der Waals surface area contributed by atoms with Gasteiger partial charge in [-0.2, -0.15) is 4.31 Å². The van der Waals surface area contributed by atoms with E-state index < -0.39 is 28.0 Å². The van der Waals surface area contributed by atoms with E-state index in [2.05, 4.69) is 10.6 Å². The number of nitrogens with zero attached hydrogens (tertiary/aromatic N) is 2. The molecule has 0 bridgehead atoms. The van der Waals surface area contributed by atoms with Crippen LogP contribution in [-0.4, -0.2) is 86.4 Å². The van der Waals surface area contributed by atoms with Crippen molar-refractivity contribution in [2.45, 2.75) is 24.9 Å². The first-order chi connectivity index (χ1) is 11.2. The van der Waals surface area contributed by atoms with Crippen LogP contribution in [0.4, 0.5) is 0 Å². The van der Waals surface area contributed by atoms with Gasteiger partial charge < -0.3 is 21.3 Å². The van der Waals surface area contributed by atoms with E-state index in [-0.39, 0.29) is 38.0 Å². The van der Waals surface area contributed by atoms with Gasteiger partial charge >= 0.3 is 0 Å². The number of amides is 3. The number of nitrogens with one attached hydrogen (secondary N) is 2. The van der Waals surface area contributed by atoms with E-state index in [1.54, 1.807) is 0 Å². The van der Waals surface area contributed by atoms with E-state index in [1.165, 1.54) is 4.90 Å². The predicted octanol–water partition coefficient (Wildman–Crippen LogP) is -3.19. The summed E-state index contributed by atoms with van der Waals surface area (Å²) in [6, 6.07) is -1.76. The highest BCUT2D eigenvalue weighted by molar-refractivity contribution is 7.88. The Kier molecular flexibility index (Phi) is 5.78. The van der Waals surface area contributed by atoms with Gasteiger partial charge in [-0.15, -0.1) is 0 Å². The van der Waals surface area contributed by atoms with Crippen LogP contribution in [0.3, 0.4) is 0 Å². The third-order valence-electron chi connectivity index (χ3n) is 4.19. The highest BCUT2D eigenvalue weighted by Crippen LogP contribution is 2.15. The van der Waals surface area contributed by atoms with Gasteiger partial charge in [0.1, 0.15) is 12.1 Å². The van der Waals surface area contributed by atoms with Gasteiger partial charge in [-0.1, -0.05) is 0 Å². The Morgan fingerprint density at radius 3 is 2.67 bits per heavy atom. The lowest BCUT2D eigenvalue weighted by Gasteiger charge is -2.39. The third kappa shape index (κ3) is 4.22. The summed E-state index contributed by atoms with van der Waals surface area (Å²) in [5.41, 5.74) is 5.34. The Labute approximate surface area is 140 Å². The summed E-state index contributed by atoms with van der Waals surface area (Å²) >= 11 is 0. The average Bonchev–Trinajstić information content (AvgIpc) is 2.54. The molecule has 136 valence electrons. The number of rotatable bonds is 4. The number of piperidine rings is 1. The smallest absolute Gasteiger partial charge is 0.242 e. The molecular weight excluding hydrogens is 338 g/mol. The molecule has 0 unspecified atom stereocenters. The first-order valence-electron chi connectivity index (χ1n) is 7.76. The summed E-state index contributed by atoms with van der Waals surface area (Å²) in [6.07, 6.45) is 2.24. The Morgan fingerprint density at radius 2 is 2.08 bits per heavy atom. The number of hydrogen-bond acceptors (Lipinski definition) is 6. The lowest BCUT2D eigenvalue weighted by molar-refractivity contribution is -0.137. The van der Waals surface area contributed by atoms with Gasteiger partial charge in [-0.3, -0.25) is 14.4 Å². The molecule has 24 heavy (non-hydrogen) atoms. The van der Waals surface area contributed by atoms with Crippen molar-refractivity contribution in [3.05, 3.63) is 0 Å². The van der Waals surface area contributed by atoms with Crippen LogP contribution in [0.2, 0.25) is 0 Å². The average molecular weight is 361 g/mol. The maximum Gasteiger partial charge on any atom is 0.242 e. The Balaban J connectivity index is 2.14. The number of piperazine rings is 1. The fourth-order valence-corrected chi connectivity index (χ4v) is 3.95. The second-order valence-electron chi connectivity index (χ2n) is 5.93. The lowest BCUT2D eigenvalue weighted by Crippen LogP contribution is -2.63. The molecule has 0 aromatic rings. The number of nitrogens with two attached hydrogens (primary N) is 1. The van der Waals surface area contributed by atoms with E-state index in [4.69, 9.17) is 5.73 Å². The largest absolute Gasteiger partial charge is 0.354 e. The molecule has 2 atom stereocenters. The monoisotopic (exact) mass is 361 g/mol. The molecule has 0 spiro atoms. The van der Waals surface area contributed by atoms with Crippen LogP contribution in [0.15, 0.2) is 0 Å². The van der Waals surface area contributed by atoms with Gasteiger partial charge in [0.25, 0.3) is 0 Å². The molecule has 0 aliphatic carbocycles. The number of hydrogen-bond donors (Lipinski definition) is 3. The molecular formula is C13H23N5O5S. The second kappa shape index (κ2) is 7.45. The summed E-state index contributed by atoms with van der Waals surface area (Å²) in [5.74, 6) is -1.22. The zero-order valence-electron chi connectivity index (χ0n) is 13.5. The highest BCUT2D eigenvalue weighted by atomic mass is 32.2. The van der Waals surface area contributed by atoms with Gasteiger partial charge in [0.05, 0.1) is 12.8 Å². The van der Waals surface area contributed by atoms with E-state index in [0.29, 0.717) is 13.0 Å². The third-order valence-corrected chi connectivity index (χ3v) is 5.48. The molecule has 10 nitrogen and oxygen atoms in total. The molecule has 0 aromatic heterocycles. The molecule has 2 heterocycles. The first kappa shape index (κ1) is 18.6. The Morgan fingerprint density at radius 1 is 1.38 bits per heavy atom. The SMILES string of the molecule is CS(=O)(=O)N1CCN(C(=O)CN)C[C@H]1C(=O)N[C@H]1CCCNC1=O. The van der Waals surface area contributed by atoms with E-state index in [0.717, 1.165) is 17.0 Å². The molecule has 0 saturated carbocycles. The summed E-state index contributed by atoms with van der Waals surface area (Å²) in [7, 11) is -3.63.